The van der Waals surface area contributed by atoms with Crippen LogP contribution in [0.15, 0.2) is 12.2 Å². The number of nitrogens with zero attached hydrogens (tertiary/aromatic N) is 1. The van der Waals surface area contributed by atoms with E-state index in [1.54, 1.807) is 0 Å². The Hall–Kier alpha value is -1.50. The number of aliphatic hydroxyl groups excluding tert-OH is 1. The van der Waals surface area contributed by atoms with Crippen LogP contribution in [-0.2, 0) is 9.59 Å². The zero-order valence-corrected chi connectivity index (χ0v) is 15.5. The summed E-state index contributed by atoms with van der Waals surface area (Å²) in [7, 11) is 0. The van der Waals surface area contributed by atoms with Gasteiger partial charge in [0.05, 0.1) is 12.1 Å². The van der Waals surface area contributed by atoms with Crippen LogP contribution in [0.25, 0.3) is 0 Å². The highest BCUT2D eigenvalue weighted by molar-refractivity contribution is 5.86. The number of likely N-dealkylation sites (tertiary alicyclic amines) is 1. The number of carboxylic acids is 1. The maximum Gasteiger partial charge on any atom is 0.327 e. The third-order valence-electron chi connectivity index (χ3n) is 4.64. The lowest BCUT2D eigenvalue weighted by Crippen LogP contribution is -2.36. The van der Waals surface area contributed by atoms with Gasteiger partial charge < -0.3 is 15.1 Å². The fourth-order valence-electron chi connectivity index (χ4n) is 3.13. The highest BCUT2D eigenvalue weighted by Crippen LogP contribution is 2.34. The highest BCUT2D eigenvalue weighted by Gasteiger charge is 2.52. The Kier molecular flexibility index (Phi) is 9.76. The molecule has 1 fully saturated rings. The smallest absolute Gasteiger partial charge is 0.327 e. The zero-order valence-electron chi connectivity index (χ0n) is 15.5. The van der Waals surface area contributed by atoms with Crippen LogP contribution in [-0.4, -0.2) is 51.6 Å². The van der Waals surface area contributed by atoms with Crippen LogP contribution in [0.4, 0.5) is 8.78 Å². The first-order chi connectivity index (χ1) is 12.3. The highest BCUT2D eigenvalue weighted by atomic mass is 19.3. The lowest BCUT2D eigenvalue weighted by Gasteiger charge is -2.22. The van der Waals surface area contributed by atoms with Gasteiger partial charge in [0.15, 0.2) is 0 Å². The van der Waals surface area contributed by atoms with Crippen LogP contribution in [0.3, 0.4) is 0 Å². The van der Waals surface area contributed by atoms with Crippen molar-refractivity contribution in [1.29, 1.82) is 0 Å². The number of halogens is 2. The first kappa shape index (κ1) is 22.5. The van der Waals surface area contributed by atoms with E-state index in [4.69, 9.17) is 5.11 Å². The fourth-order valence-corrected chi connectivity index (χ4v) is 3.13. The summed E-state index contributed by atoms with van der Waals surface area (Å²) in [5, 5.41) is 18.5. The largest absolute Gasteiger partial charge is 0.481 e. The van der Waals surface area contributed by atoms with Gasteiger partial charge in [-0.05, 0) is 19.3 Å². The molecule has 5 nitrogen and oxygen atoms in total. The van der Waals surface area contributed by atoms with E-state index in [1.165, 1.54) is 17.1 Å². The summed E-state index contributed by atoms with van der Waals surface area (Å²) in [5.74, 6) is -5.36. The first-order valence-electron chi connectivity index (χ1n) is 9.55. The summed E-state index contributed by atoms with van der Waals surface area (Å²) in [5.41, 5.74) is 0. The van der Waals surface area contributed by atoms with Gasteiger partial charge in [-0.2, -0.15) is 8.78 Å². The molecule has 0 aromatic rings. The van der Waals surface area contributed by atoms with Gasteiger partial charge >= 0.3 is 11.9 Å². The Labute approximate surface area is 154 Å². The quantitative estimate of drug-likeness (QED) is 0.380. The van der Waals surface area contributed by atoms with E-state index in [0.717, 1.165) is 19.3 Å². The van der Waals surface area contributed by atoms with Gasteiger partial charge in [-0.1, -0.05) is 51.2 Å². The molecule has 1 aliphatic rings. The Morgan fingerprint density at radius 3 is 2.62 bits per heavy atom. The molecule has 1 aliphatic heterocycles. The Morgan fingerprint density at radius 2 is 1.96 bits per heavy atom. The van der Waals surface area contributed by atoms with Gasteiger partial charge in [0.25, 0.3) is 5.91 Å². The second-order valence-corrected chi connectivity index (χ2v) is 6.98. The molecular formula is C19H31F2NO4. The maximum atomic E-state index is 13.8. The average molecular weight is 375 g/mol. The van der Waals surface area contributed by atoms with E-state index in [0.29, 0.717) is 32.1 Å². The third kappa shape index (κ3) is 7.81. The molecule has 0 saturated carbocycles. The Bertz CT molecular complexity index is 482. The van der Waals surface area contributed by atoms with Gasteiger partial charge in [-0.3, -0.25) is 9.59 Å². The van der Waals surface area contributed by atoms with E-state index in [9.17, 15) is 23.5 Å². The summed E-state index contributed by atoms with van der Waals surface area (Å²) in [6.45, 7) is 2.29. The van der Waals surface area contributed by atoms with Crippen LogP contribution in [0.2, 0.25) is 0 Å². The van der Waals surface area contributed by atoms with E-state index in [-0.39, 0.29) is 13.0 Å². The molecule has 2 N–H and O–H groups in total. The monoisotopic (exact) mass is 375 g/mol. The molecule has 1 heterocycles. The molecule has 2 atom stereocenters. The molecule has 1 amide bonds. The molecule has 1 rings (SSSR count). The van der Waals surface area contributed by atoms with Crippen molar-refractivity contribution in [2.24, 2.45) is 0 Å². The van der Waals surface area contributed by atoms with Gasteiger partial charge in [0.2, 0.25) is 0 Å². The summed E-state index contributed by atoms with van der Waals surface area (Å²) >= 11 is 0. The number of unbranched alkanes of at least 4 members (excludes halogenated alkanes) is 5. The van der Waals surface area contributed by atoms with Crippen LogP contribution >= 0.6 is 0 Å². The van der Waals surface area contributed by atoms with Crippen molar-refractivity contribution in [3.63, 3.8) is 0 Å². The zero-order chi connectivity index (χ0) is 19.6. The number of rotatable bonds is 13. The van der Waals surface area contributed by atoms with E-state index in [1.807, 2.05) is 0 Å². The van der Waals surface area contributed by atoms with Crippen molar-refractivity contribution in [3.8, 4) is 0 Å². The van der Waals surface area contributed by atoms with Gasteiger partial charge in [-0.25, -0.2) is 0 Å². The number of hydrogen-bond donors (Lipinski definition) is 2. The average Bonchev–Trinajstić information content (AvgIpc) is 2.78. The van der Waals surface area contributed by atoms with Crippen molar-refractivity contribution in [2.75, 3.05) is 6.54 Å². The van der Waals surface area contributed by atoms with Crippen molar-refractivity contribution in [1.82, 2.24) is 4.90 Å². The van der Waals surface area contributed by atoms with E-state index < -0.39 is 36.4 Å². The minimum atomic E-state index is -3.36. The van der Waals surface area contributed by atoms with Gasteiger partial charge in [0, 0.05) is 19.4 Å². The van der Waals surface area contributed by atoms with Crippen molar-refractivity contribution < 1.29 is 28.6 Å². The molecule has 1 unspecified atom stereocenters. The predicted molar refractivity (Wildman–Crippen MR) is 95.1 cm³/mol. The minimum Gasteiger partial charge on any atom is -0.481 e. The number of amides is 1. The van der Waals surface area contributed by atoms with Gasteiger partial charge in [-0.15, -0.1) is 0 Å². The van der Waals surface area contributed by atoms with Crippen LogP contribution in [0.5, 0.6) is 0 Å². The summed E-state index contributed by atoms with van der Waals surface area (Å²) < 4.78 is 27.6. The molecule has 1 saturated heterocycles. The normalized spacial score (nSPS) is 20.8. The van der Waals surface area contributed by atoms with Crippen LogP contribution in [0, 0.1) is 0 Å². The topological polar surface area (TPSA) is 77.8 Å². The number of aliphatic hydroxyl groups is 1. The standard InChI is InChI=1S/C19H31F2NO4/c1-2-3-6-9-16(23)12-11-15-14-19(20,21)18(26)22(15)13-8-5-4-7-10-17(24)25/h11-12,15-16,23H,2-10,13-14H2,1H3,(H,24,25)/t15-,16?/m0/s1. The van der Waals surface area contributed by atoms with Gasteiger partial charge in [0.1, 0.15) is 0 Å². The fraction of sp³-hybridized carbons (Fsp3) is 0.789. The Morgan fingerprint density at radius 1 is 1.27 bits per heavy atom. The van der Waals surface area contributed by atoms with E-state index in [2.05, 4.69) is 6.92 Å². The van der Waals surface area contributed by atoms with Crippen LogP contribution < -0.4 is 0 Å². The molecule has 0 aromatic carbocycles. The summed E-state index contributed by atoms with van der Waals surface area (Å²) in [6, 6.07) is -0.697. The Balaban J connectivity index is 2.48. The van der Waals surface area contributed by atoms with Crippen molar-refractivity contribution >= 4 is 11.9 Å². The second kappa shape index (κ2) is 11.3. The van der Waals surface area contributed by atoms with Crippen molar-refractivity contribution in [3.05, 3.63) is 12.2 Å². The van der Waals surface area contributed by atoms with Crippen LogP contribution in [0.1, 0.15) is 71.1 Å². The summed E-state index contributed by atoms with van der Waals surface area (Å²) in [4.78, 5) is 23.5. The molecule has 26 heavy (non-hydrogen) atoms. The lowest BCUT2D eigenvalue weighted by molar-refractivity contribution is -0.148. The molecule has 0 bridgehead atoms. The lowest BCUT2D eigenvalue weighted by atomic mass is 10.1. The minimum absolute atomic E-state index is 0.0992. The number of carboxylic acid groups (broad SMARTS) is 1. The maximum absolute atomic E-state index is 13.8. The number of hydrogen-bond acceptors (Lipinski definition) is 3. The molecular weight excluding hydrogens is 344 g/mol. The SMILES string of the molecule is CCCCCC(O)C=C[C@H]1CC(F)(F)C(=O)N1CCCCCCC(=O)O. The second-order valence-electron chi connectivity index (χ2n) is 6.98. The first-order valence-corrected chi connectivity index (χ1v) is 9.55. The summed E-state index contributed by atoms with van der Waals surface area (Å²) in [6.07, 6.45) is 7.94. The predicted octanol–water partition coefficient (Wildman–Crippen LogP) is 3.76. The molecule has 0 aliphatic carbocycles. The molecule has 0 radical (unpaired) electrons. The number of alkyl halides is 2. The molecule has 7 heteroatoms. The number of carbonyl (C=O) groups is 2. The number of aliphatic carboxylic acids is 1. The number of carbonyl (C=O) groups excluding carboxylic acids is 1. The van der Waals surface area contributed by atoms with E-state index >= 15 is 0 Å². The molecule has 150 valence electrons. The van der Waals surface area contributed by atoms with Crippen molar-refractivity contribution in [2.45, 2.75) is 89.2 Å². The molecule has 0 spiro atoms. The molecule has 0 aromatic heterocycles. The third-order valence-corrected chi connectivity index (χ3v) is 4.64.